The molecule has 1 atom stereocenters. The summed E-state index contributed by atoms with van der Waals surface area (Å²) in [5.74, 6) is -0.761. The molecule has 1 unspecified atom stereocenters. The van der Waals surface area contributed by atoms with Crippen LogP contribution in [0.2, 0.25) is 5.02 Å². The Bertz CT molecular complexity index is 564. The van der Waals surface area contributed by atoms with Crippen LogP contribution in [0.25, 0.3) is 0 Å². The molecule has 1 aliphatic heterocycles. The van der Waals surface area contributed by atoms with Gasteiger partial charge in [0.1, 0.15) is 5.75 Å². The minimum Gasteiger partial charge on any atom is -0.494 e. The summed E-state index contributed by atoms with van der Waals surface area (Å²) in [6.07, 6.45) is 1.27. The number of carbonyl (C=O) groups excluding carboxylic acids is 1. The Labute approximate surface area is 134 Å². The normalized spacial score (nSPS) is 17.9. The van der Waals surface area contributed by atoms with Crippen LogP contribution in [0.1, 0.15) is 19.8 Å². The standard InChI is InChI=1S/C15H19ClN2O4/c1-2-22-11-5-6-12(16)13(8-11)17-15(21)18-7-3-4-10(9-18)14(19)20/h5-6,8,10H,2-4,7,9H2,1H3,(H,17,21)(H,19,20). The van der Waals surface area contributed by atoms with Crippen LogP contribution in [0.15, 0.2) is 18.2 Å². The fourth-order valence-electron chi connectivity index (χ4n) is 2.41. The van der Waals surface area contributed by atoms with E-state index in [1.54, 1.807) is 18.2 Å². The number of nitrogens with zero attached hydrogens (tertiary/aromatic N) is 1. The van der Waals surface area contributed by atoms with E-state index in [1.165, 1.54) is 4.90 Å². The summed E-state index contributed by atoms with van der Waals surface area (Å²) in [6.45, 7) is 3.14. The number of carbonyl (C=O) groups is 2. The molecule has 1 aromatic rings. The van der Waals surface area contributed by atoms with E-state index in [4.69, 9.17) is 21.4 Å². The maximum absolute atomic E-state index is 12.3. The van der Waals surface area contributed by atoms with Gasteiger partial charge in [-0.25, -0.2) is 4.79 Å². The van der Waals surface area contributed by atoms with Crippen LogP contribution in [0.5, 0.6) is 5.75 Å². The van der Waals surface area contributed by atoms with Crippen molar-refractivity contribution in [2.24, 2.45) is 5.92 Å². The quantitative estimate of drug-likeness (QED) is 0.891. The number of rotatable bonds is 4. The summed E-state index contributed by atoms with van der Waals surface area (Å²) in [4.78, 5) is 24.8. The third-order valence-electron chi connectivity index (χ3n) is 3.55. The number of nitrogens with one attached hydrogen (secondary N) is 1. The first-order valence-corrected chi connectivity index (χ1v) is 7.60. The highest BCUT2D eigenvalue weighted by Gasteiger charge is 2.28. The number of urea groups is 1. The molecule has 2 amide bonds. The van der Waals surface area contributed by atoms with Crippen LogP contribution >= 0.6 is 11.6 Å². The van der Waals surface area contributed by atoms with Crippen LogP contribution < -0.4 is 10.1 Å². The summed E-state index contributed by atoms with van der Waals surface area (Å²) < 4.78 is 5.38. The van der Waals surface area contributed by atoms with E-state index in [0.29, 0.717) is 42.5 Å². The number of amides is 2. The van der Waals surface area contributed by atoms with Crippen LogP contribution in [0.3, 0.4) is 0 Å². The molecule has 1 saturated heterocycles. The van der Waals surface area contributed by atoms with E-state index in [2.05, 4.69) is 5.32 Å². The minimum absolute atomic E-state index is 0.212. The Hall–Kier alpha value is -1.95. The first-order chi connectivity index (χ1) is 10.5. The monoisotopic (exact) mass is 326 g/mol. The number of hydrogen-bond donors (Lipinski definition) is 2. The Morgan fingerprint density at radius 2 is 2.27 bits per heavy atom. The van der Waals surface area contributed by atoms with Gasteiger partial charge in [-0.15, -0.1) is 0 Å². The summed E-state index contributed by atoms with van der Waals surface area (Å²) in [6, 6.07) is 4.69. The predicted molar refractivity (Wildman–Crippen MR) is 83.6 cm³/mol. The van der Waals surface area contributed by atoms with Gasteiger partial charge in [0.2, 0.25) is 0 Å². The zero-order chi connectivity index (χ0) is 16.1. The third kappa shape index (κ3) is 4.04. The number of carboxylic acids is 1. The molecule has 2 rings (SSSR count). The van der Waals surface area contributed by atoms with Gasteiger partial charge in [0.25, 0.3) is 0 Å². The lowest BCUT2D eigenvalue weighted by Gasteiger charge is -2.30. The van der Waals surface area contributed by atoms with Crippen LogP contribution in [-0.2, 0) is 4.79 Å². The molecule has 0 saturated carbocycles. The number of hydrogen-bond acceptors (Lipinski definition) is 3. The number of aliphatic carboxylic acids is 1. The summed E-state index contributed by atoms with van der Waals surface area (Å²) >= 11 is 6.08. The maximum Gasteiger partial charge on any atom is 0.321 e. The van der Waals surface area contributed by atoms with Crippen molar-refractivity contribution in [2.45, 2.75) is 19.8 Å². The molecular weight excluding hydrogens is 308 g/mol. The Morgan fingerprint density at radius 3 is 2.95 bits per heavy atom. The van der Waals surface area contributed by atoms with Gasteiger partial charge in [-0.2, -0.15) is 0 Å². The molecule has 1 aliphatic rings. The van der Waals surface area contributed by atoms with Gasteiger partial charge in [0.15, 0.2) is 0 Å². The molecule has 0 radical (unpaired) electrons. The zero-order valence-electron chi connectivity index (χ0n) is 12.3. The molecule has 0 bridgehead atoms. The molecule has 0 spiro atoms. The highest BCUT2D eigenvalue weighted by molar-refractivity contribution is 6.33. The first kappa shape index (κ1) is 16.4. The SMILES string of the molecule is CCOc1ccc(Cl)c(NC(=O)N2CCCC(C(=O)O)C2)c1. The fraction of sp³-hybridized carbons (Fsp3) is 0.467. The summed E-state index contributed by atoms with van der Waals surface area (Å²) in [5.41, 5.74) is 0.454. The van der Waals surface area contributed by atoms with Crippen molar-refractivity contribution in [3.8, 4) is 5.75 Å². The zero-order valence-corrected chi connectivity index (χ0v) is 13.1. The lowest BCUT2D eigenvalue weighted by molar-refractivity contribution is -0.143. The second-order valence-corrected chi connectivity index (χ2v) is 5.54. The van der Waals surface area contributed by atoms with E-state index in [0.717, 1.165) is 0 Å². The molecule has 120 valence electrons. The predicted octanol–water partition coefficient (Wildman–Crippen LogP) is 3.07. The van der Waals surface area contributed by atoms with E-state index in [9.17, 15) is 9.59 Å². The Morgan fingerprint density at radius 1 is 1.50 bits per heavy atom. The number of anilines is 1. The lowest BCUT2D eigenvalue weighted by Crippen LogP contribution is -2.44. The second-order valence-electron chi connectivity index (χ2n) is 5.13. The van der Waals surface area contributed by atoms with Crippen molar-refractivity contribution in [3.05, 3.63) is 23.2 Å². The number of likely N-dealkylation sites (tertiary alicyclic amines) is 1. The highest BCUT2D eigenvalue weighted by Crippen LogP contribution is 2.27. The lowest BCUT2D eigenvalue weighted by atomic mass is 9.99. The molecule has 2 N–H and O–H groups in total. The molecule has 6 nitrogen and oxygen atoms in total. The smallest absolute Gasteiger partial charge is 0.321 e. The molecule has 22 heavy (non-hydrogen) atoms. The number of piperidine rings is 1. The average Bonchev–Trinajstić information content (AvgIpc) is 2.51. The molecule has 1 aromatic carbocycles. The fourth-order valence-corrected chi connectivity index (χ4v) is 2.58. The molecule has 0 aliphatic carbocycles. The average molecular weight is 327 g/mol. The van der Waals surface area contributed by atoms with Crippen LogP contribution in [-0.4, -0.2) is 41.7 Å². The van der Waals surface area contributed by atoms with Crippen LogP contribution in [0.4, 0.5) is 10.5 Å². The second kappa shape index (κ2) is 7.35. The van der Waals surface area contributed by atoms with Gasteiger partial charge < -0.3 is 20.1 Å². The maximum atomic E-state index is 12.3. The number of benzene rings is 1. The van der Waals surface area contributed by atoms with Crippen molar-refractivity contribution < 1.29 is 19.4 Å². The Balaban J connectivity index is 2.05. The Kier molecular flexibility index (Phi) is 5.49. The van der Waals surface area contributed by atoms with Gasteiger partial charge in [0, 0.05) is 19.2 Å². The minimum atomic E-state index is -0.867. The molecule has 1 fully saturated rings. The van der Waals surface area contributed by atoms with Gasteiger partial charge >= 0.3 is 12.0 Å². The molecule has 7 heteroatoms. The largest absolute Gasteiger partial charge is 0.494 e. The van der Waals surface area contributed by atoms with E-state index in [-0.39, 0.29) is 12.6 Å². The van der Waals surface area contributed by atoms with Gasteiger partial charge in [-0.3, -0.25) is 4.79 Å². The van der Waals surface area contributed by atoms with Gasteiger partial charge in [0.05, 0.1) is 23.2 Å². The van der Waals surface area contributed by atoms with Crippen molar-refractivity contribution in [2.75, 3.05) is 25.0 Å². The number of halogens is 1. The molecular formula is C15H19ClN2O4. The van der Waals surface area contributed by atoms with E-state index >= 15 is 0 Å². The van der Waals surface area contributed by atoms with Crippen molar-refractivity contribution in [1.29, 1.82) is 0 Å². The number of ether oxygens (including phenoxy) is 1. The van der Waals surface area contributed by atoms with Gasteiger partial charge in [-0.1, -0.05) is 11.6 Å². The van der Waals surface area contributed by atoms with Gasteiger partial charge in [-0.05, 0) is 31.9 Å². The van der Waals surface area contributed by atoms with E-state index in [1.807, 2.05) is 6.92 Å². The highest BCUT2D eigenvalue weighted by atomic mass is 35.5. The van der Waals surface area contributed by atoms with Crippen molar-refractivity contribution in [1.82, 2.24) is 4.90 Å². The summed E-state index contributed by atoms with van der Waals surface area (Å²) in [7, 11) is 0. The molecule has 1 heterocycles. The number of carboxylic acid groups (broad SMARTS) is 1. The van der Waals surface area contributed by atoms with Crippen molar-refractivity contribution >= 4 is 29.3 Å². The summed E-state index contributed by atoms with van der Waals surface area (Å²) in [5, 5.41) is 12.2. The molecule has 0 aromatic heterocycles. The van der Waals surface area contributed by atoms with Crippen molar-refractivity contribution in [3.63, 3.8) is 0 Å². The van der Waals surface area contributed by atoms with E-state index < -0.39 is 11.9 Å². The third-order valence-corrected chi connectivity index (χ3v) is 3.88. The first-order valence-electron chi connectivity index (χ1n) is 7.22. The topological polar surface area (TPSA) is 78.9 Å². The van der Waals surface area contributed by atoms with Crippen LogP contribution in [0, 0.1) is 5.92 Å².